The first-order chi connectivity index (χ1) is 7.20. The molecule has 0 saturated carbocycles. The molecule has 1 unspecified atom stereocenters. The normalized spacial score (nSPS) is 21.0. The van der Waals surface area contributed by atoms with Crippen LogP contribution in [-0.2, 0) is 0 Å². The zero-order valence-corrected chi connectivity index (χ0v) is 9.41. The molecule has 1 aromatic rings. The molecule has 0 fully saturated rings. The summed E-state index contributed by atoms with van der Waals surface area (Å²) in [6, 6.07) is 10.5. The molecule has 15 heavy (non-hydrogen) atoms. The molecule has 2 rings (SSSR count). The Hall–Kier alpha value is -1.57. The monoisotopic (exact) mass is 200 g/mol. The molecule has 78 valence electrons. The van der Waals surface area contributed by atoms with Gasteiger partial charge >= 0.3 is 0 Å². The van der Waals surface area contributed by atoms with Gasteiger partial charge in [0, 0.05) is 17.3 Å². The highest BCUT2D eigenvalue weighted by Gasteiger charge is 2.21. The predicted octanol–water partition coefficient (Wildman–Crippen LogP) is 3.04. The number of benzene rings is 1. The third-order valence-electron chi connectivity index (χ3n) is 2.98. The molecule has 2 heteroatoms. The largest absolute Gasteiger partial charge is 0.283 e. The average Bonchev–Trinajstić information content (AvgIpc) is 2.26. The van der Waals surface area contributed by atoms with Crippen LogP contribution in [0, 0.1) is 0 Å². The zero-order valence-electron chi connectivity index (χ0n) is 9.41. The van der Waals surface area contributed by atoms with Gasteiger partial charge in [0.25, 0.3) is 0 Å². The maximum absolute atomic E-state index is 4.33. The summed E-state index contributed by atoms with van der Waals surface area (Å²) in [4.78, 5) is 0. The zero-order chi connectivity index (χ0) is 10.8. The van der Waals surface area contributed by atoms with Gasteiger partial charge in [-0.25, -0.2) is 0 Å². The number of nitrogens with zero attached hydrogens (tertiary/aromatic N) is 1. The van der Waals surface area contributed by atoms with Crippen LogP contribution < -0.4 is 5.43 Å². The smallest absolute Gasteiger partial charge is 0.0467 e. The molecule has 0 bridgehead atoms. The van der Waals surface area contributed by atoms with E-state index in [9.17, 15) is 0 Å². The molecule has 0 saturated heterocycles. The molecule has 1 aliphatic rings. The van der Waals surface area contributed by atoms with Crippen LogP contribution in [0.5, 0.6) is 0 Å². The lowest BCUT2D eigenvalue weighted by atomic mass is 9.86. The minimum absolute atomic E-state index is 0.340. The molecule has 0 aliphatic carbocycles. The fourth-order valence-corrected chi connectivity index (χ4v) is 1.99. The van der Waals surface area contributed by atoms with E-state index in [1.165, 1.54) is 11.1 Å². The van der Waals surface area contributed by atoms with Crippen molar-refractivity contribution in [2.45, 2.75) is 26.7 Å². The Balaban J connectivity index is 2.43. The lowest BCUT2D eigenvalue weighted by Gasteiger charge is -2.24. The van der Waals surface area contributed by atoms with Crippen LogP contribution in [0.4, 0.5) is 0 Å². The SMILES string of the molecule is CC1=NNC(C)=C(C)C1c1ccccc1. The third kappa shape index (κ3) is 1.80. The number of rotatable bonds is 1. The Morgan fingerprint density at radius 2 is 1.73 bits per heavy atom. The molecule has 0 aromatic heterocycles. The number of hydrazone groups is 1. The summed E-state index contributed by atoms with van der Waals surface area (Å²) in [5.41, 5.74) is 8.01. The van der Waals surface area contributed by atoms with Crippen molar-refractivity contribution in [3.63, 3.8) is 0 Å². The lowest BCUT2D eigenvalue weighted by Crippen LogP contribution is -2.23. The Bertz CT molecular complexity index is 415. The van der Waals surface area contributed by atoms with Crippen LogP contribution in [0.1, 0.15) is 32.3 Å². The van der Waals surface area contributed by atoms with Crippen molar-refractivity contribution in [2.24, 2.45) is 5.10 Å². The van der Waals surface area contributed by atoms with Gasteiger partial charge in [0.2, 0.25) is 0 Å². The van der Waals surface area contributed by atoms with Crippen LogP contribution in [0.25, 0.3) is 0 Å². The fourth-order valence-electron chi connectivity index (χ4n) is 1.99. The third-order valence-corrected chi connectivity index (χ3v) is 2.98. The highest BCUT2D eigenvalue weighted by molar-refractivity contribution is 5.92. The summed E-state index contributed by atoms with van der Waals surface area (Å²) in [5, 5.41) is 4.33. The lowest BCUT2D eigenvalue weighted by molar-refractivity contribution is 0.793. The Morgan fingerprint density at radius 1 is 1.07 bits per heavy atom. The first-order valence-corrected chi connectivity index (χ1v) is 5.22. The number of hydrogen-bond acceptors (Lipinski definition) is 2. The first-order valence-electron chi connectivity index (χ1n) is 5.22. The molecule has 1 aromatic carbocycles. The van der Waals surface area contributed by atoms with Crippen molar-refractivity contribution in [3.8, 4) is 0 Å². The van der Waals surface area contributed by atoms with Gasteiger partial charge in [-0.2, -0.15) is 5.10 Å². The summed E-state index contributed by atoms with van der Waals surface area (Å²) in [6.45, 7) is 6.31. The van der Waals surface area contributed by atoms with E-state index in [0.717, 1.165) is 11.4 Å². The van der Waals surface area contributed by atoms with E-state index in [4.69, 9.17) is 0 Å². The minimum Gasteiger partial charge on any atom is -0.283 e. The summed E-state index contributed by atoms with van der Waals surface area (Å²) in [6.07, 6.45) is 0. The van der Waals surface area contributed by atoms with Gasteiger partial charge in [-0.05, 0) is 31.9 Å². The van der Waals surface area contributed by atoms with E-state index in [0.29, 0.717) is 5.92 Å². The molecular formula is C13H16N2. The molecule has 0 spiro atoms. The van der Waals surface area contributed by atoms with Gasteiger partial charge in [0.1, 0.15) is 0 Å². The Labute approximate surface area is 90.7 Å². The van der Waals surface area contributed by atoms with E-state index >= 15 is 0 Å². The van der Waals surface area contributed by atoms with Crippen molar-refractivity contribution in [1.29, 1.82) is 0 Å². The topological polar surface area (TPSA) is 24.4 Å². The molecule has 1 aliphatic heterocycles. The Morgan fingerprint density at radius 3 is 2.40 bits per heavy atom. The summed E-state index contributed by atoms with van der Waals surface area (Å²) in [5.74, 6) is 0.340. The van der Waals surface area contributed by atoms with Gasteiger partial charge in [0.05, 0.1) is 0 Å². The molecule has 0 amide bonds. The number of nitrogens with one attached hydrogen (secondary N) is 1. The second kappa shape index (κ2) is 3.89. The maximum atomic E-state index is 4.33. The highest BCUT2D eigenvalue weighted by Crippen LogP contribution is 2.29. The minimum atomic E-state index is 0.340. The maximum Gasteiger partial charge on any atom is 0.0467 e. The van der Waals surface area contributed by atoms with Crippen LogP contribution in [0.2, 0.25) is 0 Å². The predicted molar refractivity (Wildman–Crippen MR) is 63.8 cm³/mol. The summed E-state index contributed by atoms with van der Waals surface area (Å²) in [7, 11) is 0. The van der Waals surface area contributed by atoms with Gasteiger partial charge in [-0.1, -0.05) is 30.3 Å². The standard InChI is InChI=1S/C13H16N2/c1-9-10(2)14-15-11(3)13(9)12-7-5-4-6-8-12/h4-8,13-14H,1-3H3. The fraction of sp³-hybridized carbons (Fsp3) is 0.308. The van der Waals surface area contributed by atoms with Crippen molar-refractivity contribution in [1.82, 2.24) is 5.43 Å². The van der Waals surface area contributed by atoms with Gasteiger partial charge in [-0.15, -0.1) is 0 Å². The highest BCUT2D eigenvalue weighted by atomic mass is 15.3. The van der Waals surface area contributed by atoms with E-state index in [2.05, 4.69) is 55.6 Å². The second-order valence-corrected chi connectivity index (χ2v) is 4.02. The molecule has 1 N–H and O–H groups in total. The van der Waals surface area contributed by atoms with Crippen molar-refractivity contribution >= 4 is 5.71 Å². The summed E-state index contributed by atoms with van der Waals surface area (Å²) >= 11 is 0. The van der Waals surface area contributed by atoms with Crippen LogP contribution >= 0.6 is 0 Å². The van der Waals surface area contributed by atoms with E-state index in [1.54, 1.807) is 0 Å². The summed E-state index contributed by atoms with van der Waals surface area (Å²) < 4.78 is 0. The number of allylic oxidation sites excluding steroid dienone is 2. The van der Waals surface area contributed by atoms with E-state index in [-0.39, 0.29) is 0 Å². The average molecular weight is 200 g/mol. The molecular weight excluding hydrogens is 184 g/mol. The van der Waals surface area contributed by atoms with E-state index < -0.39 is 0 Å². The van der Waals surface area contributed by atoms with Crippen LogP contribution in [0.15, 0.2) is 46.7 Å². The molecule has 1 heterocycles. The molecule has 1 atom stereocenters. The van der Waals surface area contributed by atoms with Crippen LogP contribution in [0.3, 0.4) is 0 Å². The van der Waals surface area contributed by atoms with Crippen LogP contribution in [-0.4, -0.2) is 5.71 Å². The van der Waals surface area contributed by atoms with Gasteiger partial charge < -0.3 is 0 Å². The number of hydrogen-bond donors (Lipinski definition) is 1. The quantitative estimate of drug-likeness (QED) is 0.740. The van der Waals surface area contributed by atoms with Gasteiger partial charge in [0.15, 0.2) is 0 Å². The first kappa shape index (κ1) is 9.97. The van der Waals surface area contributed by atoms with Crippen molar-refractivity contribution in [3.05, 3.63) is 47.2 Å². The molecule has 2 nitrogen and oxygen atoms in total. The van der Waals surface area contributed by atoms with E-state index in [1.807, 2.05) is 6.07 Å². The van der Waals surface area contributed by atoms with Crippen molar-refractivity contribution < 1.29 is 0 Å². The van der Waals surface area contributed by atoms with Gasteiger partial charge in [-0.3, -0.25) is 5.43 Å². The molecule has 0 radical (unpaired) electrons. The van der Waals surface area contributed by atoms with Crippen molar-refractivity contribution in [2.75, 3.05) is 0 Å². The second-order valence-electron chi connectivity index (χ2n) is 4.02. The Kier molecular flexibility index (Phi) is 2.58.